The topological polar surface area (TPSA) is 51.8 Å². The third-order valence-electron chi connectivity index (χ3n) is 11.2. The van der Waals surface area contributed by atoms with E-state index >= 15 is 0 Å². The number of fused-ring (bicyclic) bond motifs is 11. The molecule has 5 heteroatoms. The molecule has 0 unspecified atom stereocenters. The van der Waals surface area contributed by atoms with Crippen LogP contribution in [0.4, 0.5) is 0 Å². The lowest BCUT2D eigenvalue weighted by Crippen LogP contribution is -2.28. The normalized spacial score (nSPS) is 15.0. The van der Waals surface area contributed by atoms with Gasteiger partial charge in [-0.3, -0.25) is 4.98 Å². The van der Waals surface area contributed by atoms with Gasteiger partial charge in [-0.2, -0.15) is 0 Å². The minimum absolute atomic E-state index is 0.0520. The Morgan fingerprint density at radius 3 is 2.24 bits per heavy atom. The van der Waals surface area contributed by atoms with Crippen molar-refractivity contribution in [3.8, 4) is 44.9 Å². The summed E-state index contributed by atoms with van der Waals surface area (Å²) in [7, 11) is 0. The van der Waals surface area contributed by atoms with Gasteiger partial charge in [0.25, 0.3) is 0 Å². The second-order valence-corrected chi connectivity index (χ2v) is 14.9. The first-order valence-corrected chi connectivity index (χ1v) is 18.4. The van der Waals surface area contributed by atoms with Crippen LogP contribution in [-0.2, 0) is 5.41 Å². The van der Waals surface area contributed by atoms with E-state index in [1.54, 1.807) is 11.3 Å². The highest BCUT2D eigenvalue weighted by atomic mass is 32.1. The number of para-hydroxylation sites is 1. The minimum atomic E-state index is 0.0520. The van der Waals surface area contributed by atoms with Crippen molar-refractivity contribution in [1.82, 2.24) is 15.0 Å². The van der Waals surface area contributed by atoms with Gasteiger partial charge < -0.3 is 4.42 Å². The molecule has 2 aliphatic rings. The number of benzene rings is 5. The van der Waals surface area contributed by atoms with Gasteiger partial charge in [-0.1, -0.05) is 104 Å². The monoisotopic (exact) mass is 661 g/mol. The van der Waals surface area contributed by atoms with Crippen LogP contribution in [0.3, 0.4) is 0 Å². The largest absolute Gasteiger partial charge is 0.455 e. The zero-order valence-electron chi connectivity index (χ0n) is 27.3. The minimum Gasteiger partial charge on any atom is -0.455 e. The molecule has 0 aliphatic heterocycles. The van der Waals surface area contributed by atoms with Gasteiger partial charge >= 0.3 is 0 Å². The van der Waals surface area contributed by atoms with Gasteiger partial charge in [-0.05, 0) is 71.0 Å². The fraction of sp³-hybridized carbons (Fsp3) is 0.133. The zero-order chi connectivity index (χ0) is 32.8. The molecule has 1 saturated carbocycles. The Morgan fingerprint density at radius 2 is 1.34 bits per heavy atom. The summed E-state index contributed by atoms with van der Waals surface area (Å²) in [4.78, 5) is 14.7. The Hall–Kier alpha value is -5.65. The van der Waals surface area contributed by atoms with Gasteiger partial charge in [0, 0.05) is 55.4 Å². The van der Waals surface area contributed by atoms with Crippen molar-refractivity contribution < 1.29 is 4.42 Å². The average molecular weight is 662 g/mol. The Labute approximate surface area is 293 Å². The van der Waals surface area contributed by atoms with Crippen LogP contribution in [0, 0.1) is 0 Å². The van der Waals surface area contributed by atoms with Gasteiger partial charge in [0.15, 0.2) is 5.82 Å². The third kappa shape index (κ3) is 3.95. The smallest absolute Gasteiger partial charge is 0.160 e. The van der Waals surface area contributed by atoms with Crippen molar-refractivity contribution >= 4 is 53.6 Å². The highest BCUT2D eigenvalue weighted by molar-refractivity contribution is 7.26. The molecule has 0 atom stereocenters. The predicted octanol–water partition coefficient (Wildman–Crippen LogP) is 12.4. The maximum Gasteiger partial charge on any atom is 0.160 e. The number of hydrogen-bond donors (Lipinski definition) is 0. The van der Waals surface area contributed by atoms with Crippen molar-refractivity contribution in [3.05, 3.63) is 139 Å². The van der Waals surface area contributed by atoms with Crippen molar-refractivity contribution in [3.63, 3.8) is 0 Å². The molecule has 4 aromatic heterocycles. The van der Waals surface area contributed by atoms with Gasteiger partial charge in [0.1, 0.15) is 11.2 Å². The van der Waals surface area contributed by atoms with Gasteiger partial charge in [-0.25, -0.2) is 9.97 Å². The summed E-state index contributed by atoms with van der Waals surface area (Å²) in [6.07, 6.45) is 9.87. The summed E-state index contributed by atoms with van der Waals surface area (Å²) < 4.78 is 9.20. The molecule has 11 rings (SSSR count). The standard InChI is InChI=1S/C45H31N3OS/c1-6-22-45(23-7-1)36-16-4-2-10-29(36)31-12-8-13-32(39(31)45)34-15-9-14-33-30-19-18-28(26-37(30)49-42(33)34)44-47-40(27-20-24-46-25-21-27)43-41(48-44)35-11-3-5-17-38(35)50-43/h2-5,8-21,24-26H,1,6-7,22-23H2. The molecule has 50 heavy (non-hydrogen) atoms. The summed E-state index contributed by atoms with van der Waals surface area (Å²) >= 11 is 1.74. The first-order chi connectivity index (χ1) is 24.8. The third-order valence-corrected chi connectivity index (χ3v) is 12.4. The van der Waals surface area contributed by atoms with E-state index in [0.717, 1.165) is 59.9 Å². The highest BCUT2D eigenvalue weighted by Crippen LogP contribution is 2.58. The van der Waals surface area contributed by atoms with E-state index in [9.17, 15) is 0 Å². The van der Waals surface area contributed by atoms with Crippen LogP contribution in [-0.4, -0.2) is 15.0 Å². The van der Waals surface area contributed by atoms with E-state index in [1.807, 2.05) is 24.5 Å². The lowest BCUT2D eigenvalue weighted by molar-refractivity contribution is 0.353. The number of hydrogen-bond acceptors (Lipinski definition) is 5. The molecular weight excluding hydrogens is 631 g/mol. The average Bonchev–Trinajstić information content (AvgIpc) is 3.83. The SMILES string of the molecule is c1ccc2c(c1)-c1cccc(-c3cccc4c3oc3cc(-c5nc(-c6ccncc6)c6sc7ccccc7c6n5)ccc34)c1C21CCCCC1. The molecule has 238 valence electrons. The molecular formula is C45H31N3OS. The Kier molecular flexibility index (Phi) is 6.02. The van der Waals surface area contributed by atoms with E-state index in [-0.39, 0.29) is 5.41 Å². The molecule has 1 spiro atoms. The Morgan fingerprint density at radius 1 is 0.600 bits per heavy atom. The number of furan rings is 1. The summed E-state index contributed by atoms with van der Waals surface area (Å²) in [5.41, 5.74) is 13.9. The van der Waals surface area contributed by atoms with Crippen LogP contribution < -0.4 is 0 Å². The maximum absolute atomic E-state index is 6.91. The van der Waals surface area contributed by atoms with Crippen LogP contribution in [0.15, 0.2) is 132 Å². The summed E-state index contributed by atoms with van der Waals surface area (Å²) in [6.45, 7) is 0. The fourth-order valence-corrected chi connectivity index (χ4v) is 10.2. The molecule has 5 aromatic carbocycles. The van der Waals surface area contributed by atoms with E-state index in [0.29, 0.717) is 5.82 Å². The van der Waals surface area contributed by atoms with E-state index in [4.69, 9.17) is 14.4 Å². The number of pyridine rings is 1. The van der Waals surface area contributed by atoms with Crippen molar-refractivity contribution in [1.29, 1.82) is 0 Å². The number of rotatable bonds is 3. The molecule has 0 bridgehead atoms. The van der Waals surface area contributed by atoms with Gasteiger partial charge in [-0.15, -0.1) is 11.3 Å². The second kappa shape index (κ2) is 10.7. The first-order valence-electron chi connectivity index (χ1n) is 17.6. The molecule has 4 heterocycles. The summed E-state index contributed by atoms with van der Waals surface area (Å²) in [5, 5.41) is 3.38. The fourth-order valence-electron chi connectivity index (χ4n) is 9.04. The predicted molar refractivity (Wildman–Crippen MR) is 206 cm³/mol. The lowest BCUT2D eigenvalue weighted by Gasteiger charge is -2.37. The quantitative estimate of drug-likeness (QED) is 0.189. The van der Waals surface area contributed by atoms with Crippen LogP contribution >= 0.6 is 11.3 Å². The van der Waals surface area contributed by atoms with Gasteiger partial charge in [0.05, 0.1) is 15.9 Å². The molecule has 0 saturated heterocycles. The molecule has 0 N–H and O–H groups in total. The molecule has 0 amide bonds. The Balaban J connectivity index is 1.11. The van der Waals surface area contributed by atoms with Crippen molar-refractivity contribution in [2.75, 3.05) is 0 Å². The lowest BCUT2D eigenvalue weighted by atomic mass is 9.66. The molecule has 2 aliphatic carbocycles. The first kappa shape index (κ1) is 28.2. The number of aromatic nitrogens is 3. The maximum atomic E-state index is 6.91. The molecule has 0 radical (unpaired) electrons. The molecule has 9 aromatic rings. The van der Waals surface area contributed by atoms with Crippen LogP contribution in [0.2, 0.25) is 0 Å². The van der Waals surface area contributed by atoms with Crippen LogP contribution in [0.25, 0.3) is 87.1 Å². The molecule has 1 fully saturated rings. The van der Waals surface area contributed by atoms with E-state index < -0.39 is 0 Å². The van der Waals surface area contributed by atoms with Crippen molar-refractivity contribution in [2.45, 2.75) is 37.5 Å². The summed E-state index contributed by atoms with van der Waals surface area (Å²) in [6, 6.07) is 41.6. The molecule has 4 nitrogen and oxygen atoms in total. The zero-order valence-corrected chi connectivity index (χ0v) is 28.1. The van der Waals surface area contributed by atoms with Crippen LogP contribution in [0.1, 0.15) is 43.2 Å². The van der Waals surface area contributed by atoms with Crippen LogP contribution in [0.5, 0.6) is 0 Å². The van der Waals surface area contributed by atoms with E-state index in [2.05, 4.69) is 108 Å². The van der Waals surface area contributed by atoms with E-state index in [1.165, 1.54) is 64.6 Å². The Bertz CT molecular complexity index is 2810. The highest BCUT2D eigenvalue weighted by Gasteiger charge is 2.45. The van der Waals surface area contributed by atoms with Gasteiger partial charge in [0.2, 0.25) is 0 Å². The summed E-state index contributed by atoms with van der Waals surface area (Å²) in [5.74, 6) is 0.688. The number of nitrogens with zero attached hydrogens (tertiary/aromatic N) is 3. The number of thiophene rings is 1. The second-order valence-electron chi connectivity index (χ2n) is 13.8. The van der Waals surface area contributed by atoms with Crippen molar-refractivity contribution in [2.24, 2.45) is 0 Å².